The predicted molar refractivity (Wildman–Crippen MR) is 61.9 cm³/mol. The van der Waals surface area contributed by atoms with Gasteiger partial charge in [-0.3, -0.25) is 4.90 Å². The SMILES string of the molecule is Cl.NCC1CCCN1C[C@@H]1CCCN1. The van der Waals surface area contributed by atoms with Crippen molar-refractivity contribution in [1.29, 1.82) is 0 Å². The van der Waals surface area contributed by atoms with E-state index >= 15 is 0 Å². The fourth-order valence-electron chi connectivity index (χ4n) is 2.60. The van der Waals surface area contributed by atoms with E-state index in [1.54, 1.807) is 0 Å². The van der Waals surface area contributed by atoms with Gasteiger partial charge in [0.2, 0.25) is 0 Å². The molecule has 0 aromatic rings. The fraction of sp³-hybridized carbons (Fsp3) is 1.00. The van der Waals surface area contributed by atoms with Gasteiger partial charge < -0.3 is 11.1 Å². The van der Waals surface area contributed by atoms with Crippen LogP contribution in [0, 0.1) is 0 Å². The number of nitrogens with zero attached hydrogens (tertiary/aromatic N) is 1. The minimum atomic E-state index is 0. The van der Waals surface area contributed by atoms with Crippen molar-refractivity contribution in [2.24, 2.45) is 5.73 Å². The second-order valence-electron chi connectivity index (χ2n) is 4.32. The van der Waals surface area contributed by atoms with E-state index < -0.39 is 0 Å². The van der Waals surface area contributed by atoms with Crippen LogP contribution in [0.2, 0.25) is 0 Å². The zero-order valence-corrected chi connectivity index (χ0v) is 9.56. The van der Waals surface area contributed by atoms with E-state index in [0.29, 0.717) is 6.04 Å². The summed E-state index contributed by atoms with van der Waals surface area (Å²) in [6, 6.07) is 1.41. The number of likely N-dealkylation sites (tertiary alicyclic amines) is 1. The van der Waals surface area contributed by atoms with Crippen molar-refractivity contribution < 1.29 is 0 Å². The van der Waals surface area contributed by atoms with Crippen LogP contribution in [0.4, 0.5) is 0 Å². The third-order valence-electron chi connectivity index (χ3n) is 3.39. The number of hydrogen-bond donors (Lipinski definition) is 2. The molecule has 14 heavy (non-hydrogen) atoms. The van der Waals surface area contributed by atoms with Crippen LogP contribution in [-0.2, 0) is 0 Å². The molecular formula is C10H22ClN3. The van der Waals surface area contributed by atoms with Crippen molar-refractivity contribution in [1.82, 2.24) is 10.2 Å². The summed E-state index contributed by atoms with van der Waals surface area (Å²) < 4.78 is 0. The standard InChI is InChI=1S/C10H21N3.ClH/c11-7-10-4-2-6-13(10)8-9-3-1-5-12-9;/h9-10,12H,1-8,11H2;1H/t9-,10?;/m0./s1. The highest BCUT2D eigenvalue weighted by Crippen LogP contribution is 2.18. The zero-order chi connectivity index (χ0) is 9.10. The van der Waals surface area contributed by atoms with E-state index in [2.05, 4.69) is 10.2 Å². The molecule has 4 heteroatoms. The number of hydrogen-bond acceptors (Lipinski definition) is 3. The maximum absolute atomic E-state index is 5.74. The van der Waals surface area contributed by atoms with E-state index in [1.807, 2.05) is 0 Å². The van der Waals surface area contributed by atoms with Gasteiger partial charge in [-0.1, -0.05) is 0 Å². The molecule has 0 radical (unpaired) electrons. The molecule has 2 rings (SSSR count). The van der Waals surface area contributed by atoms with Gasteiger partial charge in [-0.05, 0) is 38.8 Å². The number of rotatable bonds is 3. The minimum Gasteiger partial charge on any atom is -0.329 e. The highest BCUT2D eigenvalue weighted by Gasteiger charge is 2.26. The average Bonchev–Trinajstić information content (AvgIpc) is 2.76. The second-order valence-corrected chi connectivity index (χ2v) is 4.32. The Labute approximate surface area is 92.8 Å². The molecule has 84 valence electrons. The molecule has 0 aromatic carbocycles. The summed E-state index contributed by atoms with van der Waals surface area (Å²) in [5.41, 5.74) is 5.74. The Balaban J connectivity index is 0.000000980. The van der Waals surface area contributed by atoms with Gasteiger partial charge in [-0.2, -0.15) is 0 Å². The Morgan fingerprint density at radius 3 is 2.79 bits per heavy atom. The Bertz CT molecular complexity index is 159. The maximum atomic E-state index is 5.74. The highest BCUT2D eigenvalue weighted by molar-refractivity contribution is 5.85. The molecule has 1 unspecified atom stereocenters. The van der Waals surface area contributed by atoms with Crippen LogP contribution in [0.3, 0.4) is 0 Å². The van der Waals surface area contributed by atoms with Crippen LogP contribution in [0.5, 0.6) is 0 Å². The second kappa shape index (κ2) is 5.91. The van der Waals surface area contributed by atoms with E-state index in [0.717, 1.165) is 12.6 Å². The quantitative estimate of drug-likeness (QED) is 0.730. The normalized spacial score (nSPS) is 33.2. The molecule has 0 saturated carbocycles. The monoisotopic (exact) mass is 219 g/mol. The molecular weight excluding hydrogens is 198 g/mol. The molecule has 3 nitrogen and oxygen atoms in total. The summed E-state index contributed by atoms with van der Waals surface area (Å²) in [7, 11) is 0. The molecule has 2 aliphatic heterocycles. The van der Waals surface area contributed by atoms with E-state index in [1.165, 1.54) is 45.3 Å². The van der Waals surface area contributed by atoms with Crippen LogP contribution >= 0.6 is 12.4 Å². The van der Waals surface area contributed by atoms with E-state index in [-0.39, 0.29) is 12.4 Å². The summed E-state index contributed by atoms with van der Waals surface area (Å²) >= 11 is 0. The molecule has 0 bridgehead atoms. The van der Waals surface area contributed by atoms with Crippen LogP contribution < -0.4 is 11.1 Å². The molecule has 2 aliphatic rings. The lowest BCUT2D eigenvalue weighted by Gasteiger charge is -2.26. The topological polar surface area (TPSA) is 41.3 Å². The Morgan fingerprint density at radius 2 is 2.14 bits per heavy atom. The van der Waals surface area contributed by atoms with Crippen molar-refractivity contribution in [3.63, 3.8) is 0 Å². The number of nitrogens with one attached hydrogen (secondary N) is 1. The predicted octanol–water partition coefficient (Wildman–Crippen LogP) is 0.583. The molecule has 3 N–H and O–H groups in total. The first kappa shape index (κ1) is 12.2. The van der Waals surface area contributed by atoms with Gasteiger partial charge in [-0.15, -0.1) is 12.4 Å². The molecule has 2 fully saturated rings. The summed E-state index contributed by atoms with van der Waals surface area (Å²) in [5, 5.41) is 3.55. The van der Waals surface area contributed by atoms with Crippen LogP contribution in [0.1, 0.15) is 25.7 Å². The largest absolute Gasteiger partial charge is 0.329 e. The van der Waals surface area contributed by atoms with E-state index in [9.17, 15) is 0 Å². The lowest BCUT2D eigenvalue weighted by Crippen LogP contribution is -2.42. The van der Waals surface area contributed by atoms with Gasteiger partial charge in [0.1, 0.15) is 0 Å². The third-order valence-corrected chi connectivity index (χ3v) is 3.39. The minimum absolute atomic E-state index is 0. The summed E-state index contributed by atoms with van der Waals surface area (Å²) in [4.78, 5) is 2.57. The van der Waals surface area contributed by atoms with Crippen LogP contribution in [-0.4, -0.2) is 43.2 Å². The van der Waals surface area contributed by atoms with E-state index in [4.69, 9.17) is 5.73 Å². The Hall–Kier alpha value is 0.170. The maximum Gasteiger partial charge on any atom is 0.0219 e. The molecule has 2 heterocycles. The van der Waals surface area contributed by atoms with Crippen LogP contribution in [0.25, 0.3) is 0 Å². The van der Waals surface area contributed by atoms with Crippen molar-refractivity contribution in [3.05, 3.63) is 0 Å². The summed E-state index contributed by atoms with van der Waals surface area (Å²) in [6.07, 6.45) is 5.36. The third kappa shape index (κ3) is 2.83. The Kier molecular flexibility index (Phi) is 5.17. The molecule has 0 spiro atoms. The van der Waals surface area contributed by atoms with Crippen molar-refractivity contribution in [2.45, 2.75) is 37.8 Å². The summed E-state index contributed by atoms with van der Waals surface area (Å²) in [5.74, 6) is 0. The molecule has 2 atom stereocenters. The van der Waals surface area contributed by atoms with Crippen molar-refractivity contribution >= 4 is 12.4 Å². The molecule has 2 saturated heterocycles. The molecule has 0 aliphatic carbocycles. The number of nitrogens with two attached hydrogens (primary N) is 1. The molecule has 0 amide bonds. The van der Waals surface area contributed by atoms with Gasteiger partial charge in [0, 0.05) is 25.2 Å². The lowest BCUT2D eigenvalue weighted by molar-refractivity contribution is 0.236. The Morgan fingerprint density at radius 1 is 1.29 bits per heavy atom. The zero-order valence-electron chi connectivity index (χ0n) is 8.74. The fourth-order valence-corrected chi connectivity index (χ4v) is 2.60. The van der Waals surface area contributed by atoms with Crippen LogP contribution in [0.15, 0.2) is 0 Å². The van der Waals surface area contributed by atoms with Crippen molar-refractivity contribution in [2.75, 3.05) is 26.2 Å². The average molecular weight is 220 g/mol. The lowest BCUT2D eigenvalue weighted by atomic mass is 10.2. The van der Waals surface area contributed by atoms with Gasteiger partial charge in [0.25, 0.3) is 0 Å². The molecule has 0 aromatic heterocycles. The van der Waals surface area contributed by atoms with Gasteiger partial charge in [0.05, 0.1) is 0 Å². The highest BCUT2D eigenvalue weighted by atomic mass is 35.5. The van der Waals surface area contributed by atoms with Crippen molar-refractivity contribution in [3.8, 4) is 0 Å². The van der Waals surface area contributed by atoms with Gasteiger partial charge in [0.15, 0.2) is 0 Å². The smallest absolute Gasteiger partial charge is 0.0219 e. The first-order valence-corrected chi connectivity index (χ1v) is 5.57. The number of halogens is 1. The first-order chi connectivity index (χ1) is 6.40. The van der Waals surface area contributed by atoms with Gasteiger partial charge in [-0.25, -0.2) is 0 Å². The van der Waals surface area contributed by atoms with Gasteiger partial charge >= 0.3 is 0 Å². The summed E-state index contributed by atoms with van der Waals surface area (Å²) in [6.45, 7) is 4.54. The first-order valence-electron chi connectivity index (χ1n) is 5.57.